The molecule has 1 amide bonds. The van der Waals surface area contributed by atoms with Crippen LogP contribution < -0.4 is 4.72 Å². The predicted octanol–water partition coefficient (Wildman–Crippen LogP) is -0.147. The lowest BCUT2D eigenvalue weighted by Gasteiger charge is -2.10. The zero-order valence-corrected chi connectivity index (χ0v) is 6.72. The van der Waals surface area contributed by atoms with E-state index in [1.807, 2.05) is 4.72 Å². The van der Waals surface area contributed by atoms with Gasteiger partial charge in [0.05, 0.1) is 12.0 Å². The molecule has 5 nitrogen and oxygen atoms in total. The number of amides is 1. The Labute approximate surface area is 68.4 Å². The molecular formula is C6H5NO4S. The largest absolute Gasteiger partial charge is 0.459 e. The van der Waals surface area contributed by atoms with Gasteiger partial charge in [-0.1, -0.05) is 0 Å². The minimum Gasteiger partial charge on any atom is -0.459 e. The first kappa shape index (κ1) is 7.35. The highest BCUT2D eigenvalue weighted by molar-refractivity contribution is 7.89. The van der Waals surface area contributed by atoms with Crippen molar-refractivity contribution in [3.05, 3.63) is 23.7 Å². The summed E-state index contributed by atoms with van der Waals surface area (Å²) in [5, 5.41) is 0. The van der Waals surface area contributed by atoms with Crippen molar-refractivity contribution in [2.75, 3.05) is 0 Å². The lowest BCUT2D eigenvalue weighted by molar-refractivity contribution is 0.0950. The van der Waals surface area contributed by atoms with Gasteiger partial charge in [-0.2, -0.15) is 0 Å². The van der Waals surface area contributed by atoms with Crippen LogP contribution in [0.5, 0.6) is 0 Å². The monoisotopic (exact) mass is 187 g/mol. The van der Waals surface area contributed by atoms with Gasteiger partial charge in [-0.25, -0.2) is 13.1 Å². The smallest absolute Gasteiger partial charge is 0.300 e. The summed E-state index contributed by atoms with van der Waals surface area (Å²) in [7, 11) is -3.47. The Kier molecular flexibility index (Phi) is 1.29. The Morgan fingerprint density at radius 2 is 2.25 bits per heavy atom. The van der Waals surface area contributed by atoms with Gasteiger partial charge in [0.2, 0.25) is 10.0 Å². The van der Waals surface area contributed by atoms with Crippen LogP contribution in [0.4, 0.5) is 0 Å². The topological polar surface area (TPSA) is 76.4 Å². The molecule has 2 heterocycles. The molecule has 0 radical (unpaired) electrons. The molecule has 0 spiro atoms. The molecule has 1 aliphatic heterocycles. The highest BCUT2D eigenvalue weighted by atomic mass is 32.2. The van der Waals surface area contributed by atoms with Gasteiger partial charge in [0.1, 0.15) is 0 Å². The normalized spacial score (nSPS) is 19.8. The molecule has 1 aliphatic rings. The maximum Gasteiger partial charge on any atom is 0.300 e. The molecule has 0 aliphatic carbocycles. The van der Waals surface area contributed by atoms with Gasteiger partial charge in [0.15, 0.2) is 5.76 Å². The van der Waals surface area contributed by atoms with E-state index >= 15 is 0 Å². The summed E-state index contributed by atoms with van der Waals surface area (Å²) in [6.45, 7) is 0. The number of nitrogens with one attached hydrogen (secondary N) is 1. The number of fused-ring (bicyclic) bond motifs is 1. The summed E-state index contributed by atoms with van der Waals surface area (Å²) >= 11 is 0. The zero-order valence-electron chi connectivity index (χ0n) is 5.90. The van der Waals surface area contributed by atoms with Crippen LogP contribution >= 0.6 is 0 Å². The first-order valence-corrected chi connectivity index (χ1v) is 4.85. The van der Waals surface area contributed by atoms with E-state index in [9.17, 15) is 13.2 Å². The number of sulfonamides is 1. The third-order valence-electron chi connectivity index (χ3n) is 1.55. The van der Waals surface area contributed by atoms with E-state index in [4.69, 9.17) is 4.42 Å². The Bertz CT molecular complexity index is 430. The van der Waals surface area contributed by atoms with E-state index in [0.29, 0.717) is 5.56 Å². The zero-order chi connectivity index (χ0) is 8.77. The SMILES string of the molecule is O=C1NS(=O)(=O)Cc2ccoc21. The van der Waals surface area contributed by atoms with Gasteiger partial charge in [-0.15, -0.1) is 0 Å². The summed E-state index contributed by atoms with van der Waals surface area (Å²) in [4.78, 5) is 11.0. The van der Waals surface area contributed by atoms with E-state index in [1.54, 1.807) is 0 Å². The minimum absolute atomic E-state index is 0.0878. The fourth-order valence-corrected chi connectivity index (χ4v) is 2.16. The van der Waals surface area contributed by atoms with E-state index in [-0.39, 0.29) is 11.5 Å². The maximum atomic E-state index is 11.0. The Hall–Kier alpha value is -1.30. The Morgan fingerprint density at radius 1 is 1.50 bits per heavy atom. The molecular weight excluding hydrogens is 182 g/mol. The summed E-state index contributed by atoms with van der Waals surface area (Å²) < 4.78 is 28.5. The average molecular weight is 187 g/mol. The fourth-order valence-electron chi connectivity index (χ4n) is 1.08. The molecule has 1 aromatic heterocycles. The van der Waals surface area contributed by atoms with Crippen molar-refractivity contribution < 1.29 is 17.6 Å². The standard InChI is InChI=1S/C6H5NO4S/c8-6-5-4(1-2-11-5)3-12(9,10)7-6/h1-2H,3H2,(H,7,8). The molecule has 1 aromatic rings. The molecule has 0 unspecified atom stereocenters. The second-order valence-electron chi connectivity index (χ2n) is 2.47. The number of carbonyl (C=O) groups is 1. The number of hydrogen-bond donors (Lipinski definition) is 1. The molecule has 0 bridgehead atoms. The molecule has 0 fully saturated rings. The van der Waals surface area contributed by atoms with Crippen LogP contribution in [-0.4, -0.2) is 14.3 Å². The van der Waals surface area contributed by atoms with Crippen LogP contribution in [-0.2, 0) is 15.8 Å². The van der Waals surface area contributed by atoms with E-state index < -0.39 is 15.9 Å². The van der Waals surface area contributed by atoms with Gasteiger partial charge >= 0.3 is 5.91 Å². The van der Waals surface area contributed by atoms with Crippen molar-refractivity contribution in [1.29, 1.82) is 0 Å². The lowest BCUT2D eigenvalue weighted by atomic mass is 10.3. The summed E-state index contributed by atoms with van der Waals surface area (Å²) in [5.74, 6) is -0.795. The molecule has 0 atom stereocenters. The fraction of sp³-hybridized carbons (Fsp3) is 0.167. The van der Waals surface area contributed by atoms with Crippen molar-refractivity contribution in [1.82, 2.24) is 4.72 Å². The first-order valence-electron chi connectivity index (χ1n) is 3.20. The second-order valence-corrected chi connectivity index (χ2v) is 4.19. The number of rotatable bonds is 0. The van der Waals surface area contributed by atoms with Crippen molar-refractivity contribution >= 4 is 15.9 Å². The molecule has 64 valence electrons. The van der Waals surface area contributed by atoms with Gasteiger partial charge in [-0.05, 0) is 6.07 Å². The third kappa shape index (κ3) is 1.00. The van der Waals surface area contributed by atoms with Crippen LogP contribution in [0.25, 0.3) is 0 Å². The average Bonchev–Trinajstić information content (AvgIpc) is 2.31. The van der Waals surface area contributed by atoms with Crippen LogP contribution in [0.15, 0.2) is 16.7 Å². The molecule has 2 rings (SSSR count). The number of carbonyl (C=O) groups excluding carboxylic acids is 1. The molecule has 0 saturated heterocycles. The van der Waals surface area contributed by atoms with Gasteiger partial charge in [0.25, 0.3) is 0 Å². The molecule has 1 N–H and O–H groups in total. The van der Waals surface area contributed by atoms with Crippen LogP contribution in [0.2, 0.25) is 0 Å². The van der Waals surface area contributed by atoms with Crippen LogP contribution in [0, 0.1) is 0 Å². The van der Waals surface area contributed by atoms with E-state index in [0.717, 1.165) is 0 Å². The first-order chi connectivity index (χ1) is 5.58. The Morgan fingerprint density at radius 3 is 3.00 bits per heavy atom. The van der Waals surface area contributed by atoms with Crippen LogP contribution in [0.3, 0.4) is 0 Å². The molecule has 0 saturated carbocycles. The van der Waals surface area contributed by atoms with E-state index in [1.165, 1.54) is 12.3 Å². The summed E-state index contributed by atoms with van der Waals surface area (Å²) in [6.07, 6.45) is 1.30. The van der Waals surface area contributed by atoms with Crippen molar-refractivity contribution in [2.45, 2.75) is 5.75 Å². The van der Waals surface area contributed by atoms with Gasteiger partial charge in [0, 0.05) is 5.56 Å². The van der Waals surface area contributed by atoms with E-state index in [2.05, 4.69) is 0 Å². The predicted molar refractivity (Wildman–Crippen MR) is 38.8 cm³/mol. The summed E-state index contributed by atoms with van der Waals surface area (Å²) in [6, 6.07) is 1.48. The molecule has 12 heavy (non-hydrogen) atoms. The highest BCUT2D eigenvalue weighted by Gasteiger charge is 2.29. The third-order valence-corrected chi connectivity index (χ3v) is 2.73. The second kappa shape index (κ2) is 2.10. The minimum atomic E-state index is -3.47. The van der Waals surface area contributed by atoms with Crippen molar-refractivity contribution in [3.63, 3.8) is 0 Å². The summed E-state index contributed by atoms with van der Waals surface area (Å²) in [5.41, 5.74) is 0.416. The Balaban J connectivity index is 2.60. The van der Waals surface area contributed by atoms with Gasteiger partial charge in [-0.3, -0.25) is 4.79 Å². The lowest BCUT2D eigenvalue weighted by Crippen LogP contribution is -2.36. The van der Waals surface area contributed by atoms with Crippen molar-refractivity contribution in [3.8, 4) is 0 Å². The van der Waals surface area contributed by atoms with Crippen molar-refractivity contribution in [2.24, 2.45) is 0 Å². The number of furan rings is 1. The highest BCUT2D eigenvalue weighted by Crippen LogP contribution is 2.17. The molecule has 0 aromatic carbocycles. The maximum absolute atomic E-state index is 11.0. The number of hydrogen-bond acceptors (Lipinski definition) is 4. The van der Waals surface area contributed by atoms with Gasteiger partial charge < -0.3 is 4.42 Å². The quantitative estimate of drug-likeness (QED) is 0.613. The molecule has 6 heteroatoms. The van der Waals surface area contributed by atoms with Crippen LogP contribution in [0.1, 0.15) is 16.1 Å².